The fourth-order valence-electron chi connectivity index (χ4n) is 2.37. The Labute approximate surface area is 110 Å². The lowest BCUT2D eigenvalue weighted by Gasteiger charge is -2.18. The van der Waals surface area contributed by atoms with Gasteiger partial charge in [0.25, 0.3) is 0 Å². The van der Waals surface area contributed by atoms with Crippen molar-refractivity contribution in [2.75, 3.05) is 18.0 Å². The summed E-state index contributed by atoms with van der Waals surface area (Å²) in [4.78, 5) is 17.5. The molecule has 0 amide bonds. The molecule has 0 bridgehead atoms. The number of hydrogen-bond donors (Lipinski definition) is 2. The fourth-order valence-corrected chi connectivity index (χ4v) is 2.37. The number of carboxylic acids is 1. The zero-order valence-corrected chi connectivity index (χ0v) is 10.3. The maximum Gasteiger partial charge on any atom is 0.335 e. The second-order valence-corrected chi connectivity index (χ2v) is 4.60. The Morgan fingerprint density at radius 1 is 1.26 bits per heavy atom. The number of rotatable bonds is 3. The molecule has 0 spiro atoms. The van der Waals surface area contributed by atoms with E-state index >= 15 is 0 Å². The first-order valence-corrected chi connectivity index (χ1v) is 6.23. The molecule has 0 saturated carbocycles. The van der Waals surface area contributed by atoms with Crippen LogP contribution in [0.2, 0.25) is 0 Å². The maximum absolute atomic E-state index is 11.2. The van der Waals surface area contributed by atoms with Crippen LogP contribution in [0, 0.1) is 0 Å². The van der Waals surface area contributed by atoms with E-state index in [-0.39, 0.29) is 5.56 Å². The summed E-state index contributed by atoms with van der Waals surface area (Å²) in [6, 6.07) is 5.29. The van der Waals surface area contributed by atoms with E-state index in [1.165, 1.54) is 6.33 Å². The number of H-pyrrole nitrogens is 1. The van der Waals surface area contributed by atoms with Crippen molar-refractivity contribution in [2.24, 2.45) is 0 Å². The van der Waals surface area contributed by atoms with Gasteiger partial charge < -0.3 is 10.0 Å². The van der Waals surface area contributed by atoms with Crippen molar-refractivity contribution in [1.29, 1.82) is 0 Å². The average molecular weight is 258 g/mol. The first kappa shape index (κ1) is 11.7. The van der Waals surface area contributed by atoms with Crippen LogP contribution in [0.3, 0.4) is 0 Å². The van der Waals surface area contributed by atoms with Crippen LogP contribution in [0.1, 0.15) is 23.2 Å². The van der Waals surface area contributed by atoms with Gasteiger partial charge in [-0.2, -0.15) is 5.10 Å². The quantitative estimate of drug-likeness (QED) is 0.876. The van der Waals surface area contributed by atoms with Gasteiger partial charge in [-0.15, -0.1) is 0 Å². The number of anilines is 1. The Kier molecular flexibility index (Phi) is 2.91. The van der Waals surface area contributed by atoms with Crippen LogP contribution in [0.25, 0.3) is 11.4 Å². The van der Waals surface area contributed by atoms with Gasteiger partial charge in [0.1, 0.15) is 6.33 Å². The molecule has 6 nitrogen and oxygen atoms in total. The third-order valence-corrected chi connectivity index (χ3v) is 3.32. The Morgan fingerprint density at radius 3 is 2.68 bits per heavy atom. The van der Waals surface area contributed by atoms with Crippen molar-refractivity contribution < 1.29 is 9.90 Å². The highest BCUT2D eigenvalue weighted by Crippen LogP contribution is 2.27. The second kappa shape index (κ2) is 4.72. The van der Waals surface area contributed by atoms with Crippen LogP contribution in [0.15, 0.2) is 24.5 Å². The van der Waals surface area contributed by atoms with Crippen LogP contribution in [0.5, 0.6) is 0 Å². The van der Waals surface area contributed by atoms with Crippen LogP contribution in [-0.4, -0.2) is 39.3 Å². The summed E-state index contributed by atoms with van der Waals surface area (Å²) in [6.07, 6.45) is 3.71. The van der Waals surface area contributed by atoms with E-state index in [1.54, 1.807) is 12.1 Å². The zero-order valence-electron chi connectivity index (χ0n) is 10.3. The number of aromatic nitrogens is 3. The average Bonchev–Trinajstić information content (AvgIpc) is 3.11. The summed E-state index contributed by atoms with van der Waals surface area (Å²) < 4.78 is 0. The van der Waals surface area contributed by atoms with Crippen molar-refractivity contribution in [3.05, 3.63) is 30.1 Å². The molecular weight excluding hydrogens is 244 g/mol. The van der Waals surface area contributed by atoms with E-state index in [2.05, 4.69) is 20.1 Å². The van der Waals surface area contributed by atoms with Gasteiger partial charge in [-0.1, -0.05) is 0 Å². The lowest BCUT2D eigenvalue weighted by molar-refractivity contribution is 0.0697. The summed E-state index contributed by atoms with van der Waals surface area (Å²) in [5.41, 5.74) is 1.96. The van der Waals surface area contributed by atoms with Crippen LogP contribution < -0.4 is 4.90 Å². The van der Waals surface area contributed by atoms with E-state index in [0.29, 0.717) is 5.82 Å². The minimum atomic E-state index is -0.929. The van der Waals surface area contributed by atoms with E-state index in [9.17, 15) is 9.90 Å². The predicted octanol–water partition coefficient (Wildman–Crippen LogP) is 1.77. The highest BCUT2D eigenvalue weighted by atomic mass is 16.4. The minimum absolute atomic E-state index is 0.274. The standard InChI is InChI=1S/C13H14N4O2/c18-13(19)10-5-9(12-14-8-15-16-12)6-11(7-10)17-3-1-2-4-17/h5-8H,1-4H2,(H,18,19)(H,14,15,16). The molecule has 19 heavy (non-hydrogen) atoms. The molecule has 0 radical (unpaired) electrons. The highest BCUT2D eigenvalue weighted by Gasteiger charge is 2.16. The molecule has 0 unspecified atom stereocenters. The molecule has 98 valence electrons. The lowest BCUT2D eigenvalue weighted by atomic mass is 10.1. The fraction of sp³-hybridized carbons (Fsp3) is 0.308. The Morgan fingerprint density at radius 2 is 2.05 bits per heavy atom. The molecule has 6 heteroatoms. The summed E-state index contributed by atoms with van der Waals surface area (Å²) in [5.74, 6) is -0.342. The number of hydrogen-bond acceptors (Lipinski definition) is 4. The first-order chi connectivity index (χ1) is 9.24. The summed E-state index contributed by atoms with van der Waals surface area (Å²) >= 11 is 0. The largest absolute Gasteiger partial charge is 0.478 e. The second-order valence-electron chi connectivity index (χ2n) is 4.60. The molecular formula is C13H14N4O2. The number of aromatic carboxylic acids is 1. The highest BCUT2D eigenvalue weighted by molar-refractivity contribution is 5.91. The van der Waals surface area contributed by atoms with Gasteiger partial charge in [0.15, 0.2) is 5.82 Å². The number of carbonyl (C=O) groups is 1. The molecule has 1 aliphatic rings. The summed E-state index contributed by atoms with van der Waals surface area (Å²) in [5, 5.41) is 15.8. The molecule has 2 N–H and O–H groups in total. The number of aromatic amines is 1. The molecule has 1 aliphatic heterocycles. The molecule has 2 aromatic rings. The van der Waals surface area contributed by atoms with E-state index in [0.717, 1.165) is 37.2 Å². The van der Waals surface area contributed by atoms with E-state index in [1.807, 2.05) is 6.07 Å². The van der Waals surface area contributed by atoms with Gasteiger partial charge in [0.2, 0.25) is 0 Å². The van der Waals surface area contributed by atoms with Gasteiger partial charge in [-0.25, -0.2) is 9.78 Å². The molecule has 1 saturated heterocycles. The van der Waals surface area contributed by atoms with Gasteiger partial charge in [-0.3, -0.25) is 5.10 Å². The Bertz CT molecular complexity index is 589. The van der Waals surface area contributed by atoms with Crippen molar-refractivity contribution in [3.63, 3.8) is 0 Å². The zero-order chi connectivity index (χ0) is 13.2. The summed E-state index contributed by atoms with van der Waals surface area (Å²) in [6.45, 7) is 1.94. The maximum atomic E-state index is 11.2. The van der Waals surface area contributed by atoms with Gasteiger partial charge in [-0.05, 0) is 31.0 Å². The molecule has 1 aromatic carbocycles. The first-order valence-electron chi connectivity index (χ1n) is 6.23. The van der Waals surface area contributed by atoms with Gasteiger partial charge in [0.05, 0.1) is 5.56 Å². The topological polar surface area (TPSA) is 82.1 Å². The Balaban J connectivity index is 2.06. The lowest BCUT2D eigenvalue weighted by Crippen LogP contribution is -2.18. The number of benzene rings is 1. The SMILES string of the molecule is O=C(O)c1cc(-c2ncn[nH]2)cc(N2CCCC2)c1. The number of nitrogens with zero attached hydrogens (tertiary/aromatic N) is 3. The monoisotopic (exact) mass is 258 g/mol. The van der Waals surface area contributed by atoms with Crippen molar-refractivity contribution >= 4 is 11.7 Å². The molecule has 0 aliphatic carbocycles. The van der Waals surface area contributed by atoms with Gasteiger partial charge in [0, 0.05) is 24.3 Å². The number of carboxylic acid groups (broad SMARTS) is 1. The predicted molar refractivity (Wildman–Crippen MR) is 70.2 cm³/mol. The third kappa shape index (κ3) is 2.29. The van der Waals surface area contributed by atoms with Gasteiger partial charge >= 0.3 is 5.97 Å². The molecule has 1 fully saturated rings. The molecule has 0 atom stereocenters. The van der Waals surface area contributed by atoms with E-state index < -0.39 is 5.97 Å². The minimum Gasteiger partial charge on any atom is -0.478 e. The van der Waals surface area contributed by atoms with Crippen LogP contribution in [0.4, 0.5) is 5.69 Å². The molecule has 3 rings (SSSR count). The Hall–Kier alpha value is -2.37. The van der Waals surface area contributed by atoms with Crippen LogP contribution >= 0.6 is 0 Å². The van der Waals surface area contributed by atoms with Crippen LogP contribution in [-0.2, 0) is 0 Å². The van der Waals surface area contributed by atoms with Crippen molar-refractivity contribution in [1.82, 2.24) is 15.2 Å². The summed E-state index contributed by atoms with van der Waals surface area (Å²) in [7, 11) is 0. The normalized spacial score (nSPS) is 14.8. The van der Waals surface area contributed by atoms with Crippen molar-refractivity contribution in [2.45, 2.75) is 12.8 Å². The van der Waals surface area contributed by atoms with E-state index in [4.69, 9.17) is 0 Å². The molecule has 1 aromatic heterocycles. The smallest absolute Gasteiger partial charge is 0.335 e. The third-order valence-electron chi connectivity index (χ3n) is 3.32. The van der Waals surface area contributed by atoms with Crippen molar-refractivity contribution in [3.8, 4) is 11.4 Å². The molecule has 2 heterocycles. The number of nitrogens with one attached hydrogen (secondary N) is 1.